The van der Waals surface area contributed by atoms with Crippen molar-refractivity contribution in [3.05, 3.63) is 58.7 Å². The van der Waals surface area contributed by atoms with Crippen molar-refractivity contribution < 1.29 is 31.1 Å². The lowest BCUT2D eigenvalue weighted by molar-refractivity contribution is -0.383. The lowest BCUT2D eigenvalue weighted by Crippen LogP contribution is -2.55. The van der Waals surface area contributed by atoms with Gasteiger partial charge in [0.05, 0.1) is 0 Å². The van der Waals surface area contributed by atoms with Gasteiger partial charge in [0.15, 0.2) is 0 Å². The third-order valence-corrected chi connectivity index (χ3v) is 4.83. The van der Waals surface area contributed by atoms with Gasteiger partial charge in [-0.25, -0.2) is 0 Å². The highest BCUT2D eigenvalue weighted by Crippen LogP contribution is 2.54. The van der Waals surface area contributed by atoms with Crippen molar-refractivity contribution in [2.24, 2.45) is 0 Å². The summed E-state index contributed by atoms with van der Waals surface area (Å²) in [5.41, 5.74) is -1.78. The fourth-order valence-corrected chi connectivity index (χ4v) is 3.60. The molecule has 0 saturated carbocycles. The third-order valence-electron chi connectivity index (χ3n) is 4.83. The van der Waals surface area contributed by atoms with Gasteiger partial charge < -0.3 is 15.4 Å². The number of aryl methyl sites for hydroxylation is 3. The van der Waals surface area contributed by atoms with Crippen LogP contribution in [0.2, 0.25) is 0 Å². The van der Waals surface area contributed by atoms with E-state index in [0.29, 0.717) is 7.11 Å². The average Bonchev–Trinajstić information content (AvgIpc) is 2.60. The lowest BCUT2D eigenvalue weighted by atomic mass is 9.90. The molecule has 2 N–H and O–H groups in total. The number of anilines is 2. The van der Waals surface area contributed by atoms with Crippen LogP contribution in [-0.2, 0) is 10.3 Å². The predicted molar refractivity (Wildman–Crippen MR) is 105 cm³/mol. The Balaban J connectivity index is 2.25. The van der Waals surface area contributed by atoms with E-state index in [9.17, 15) is 26.3 Å². The molecule has 166 valence electrons. The SMILES string of the molecule is COC(c1ccccc1NCCNc1c(C)cc(C)cc1C)(C(F)(F)F)C(F)(F)F. The van der Waals surface area contributed by atoms with Crippen LogP contribution in [-0.4, -0.2) is 32.6 Å². The molecule has 0 aliphatic rings. The van der Waals surface area contributed by atoms with Crippen LogP contribution < -0.4 is 10.6 Å². The summed E-state index contributed by atoms with van der Waals surface area (Å²) in [6.45, 7) is 6.19. The first kappa shape index (κ1) is 23.9. The molecule has 0 bridgehead atoms. The zero-order valence-electron chi connectivity index (χ0n) is 17.1. The van der Waals surface area contributed by atoms with Crippen molar-refractivity contribution in [2.75, 3.05) is 30.8 Å². The Labute approximate surface area is 171 Å². The van der Waals surface area contributed by atoms with Gasteiger partial charge in [-0.3, -0.25) is 0 Å². The largest absolute Gasteiger partial charge is 0.430 e. The molecule has 2 aromatic rings. The molecular weight excluding hydrogens is 410 g/mol. The topological polar surface area (TPSA) is 33.3 Å². The van der Waals surface area contributed by atoms with E-state index in [1.807, 2.05) is 32.9 Å². The molecule has 0 radical (unpaired) electrons. The van der Waals surface area contributed by atoms with Crippen LogP contribution in [0.15, 0.2) is 36.4 Å². The van der Waals surface area contributed by atoms with Crippen molar-refractivity contribution in [3.63, 3.8) is 0 Å². The first-order chi connectivity index (χ1) is 13.8. The minimum atomic E-state index is -5.70. The molecule has 0 heterocycles. The summed E-state index contributed by atoms with van der Waals surface area (Å²) in [7, 11) is 0.405. The number of hydrogen-bond acceptors (Lipinski definition) is 3. The molecule has 0 unspecified atom stereocenters. The van der Waals surface area contributed by atoms with E-state index in [4.69, 9.17) is 0 Å². The summed E-state index contributed by atoms with van der Waals surface area (Å²) in [4.78, 5) is 0. The lowest BCUT2D eigenvalue weighted by Gasteiger charge is -2.37. The fraction of sp³-hybridized carbons (Fsp3) is 0.429. The van der Waals surface area contributed by atoms with E-state index >= 15 is 0 Å². The zero-order valence-corrected chi connectivity index (χ0v) is 17.1. The molecule has 0 saturated heterocycles. The highest BCUT2D eigenvalue weighted by molar-refractivity contribution is 5.59. The Morgan fingerprint density at radius 2 is 1.30 bits per heavy atom. The van der Waals surface area contributed by atoms with Crippen molar-refractivity contribution in [1.82, 2.24) is 0 Å². The maximum Gasteiger partial charge on any atom is 0.430 e. The molecule has 0 aliphatic carbocycles. The molecule has 0 amide bonds. The van der Waals surface area contributed by atoms with Gasteiger partial charge in [0.2, 0.25) is 0 Å². The molecule has 0 atom stereocenters. The Morgan fingerprint density at radius 3 is 1.80 bits per heavy atom. The van der Waals surface area contributed by atoms with E-state index in [0.717, 1.165) is 34.5 Å². The van der Waals surface area contributed by atoms with Crippen molar-refractivity contribution in [2.45, 2.75) is 38.7 Å². The van der Waals surface area contributed by atoms with Crippen LogP contribution >= 0.6 is 0 Å². The summed E-state index contributed by atoms with van der Waals surface area (Å²) in [5, 5.41) is 5.85. The predicted octanol–water partition coefficient (Wildman–Crippen LogP) is 6.10. The van der Waals surface area contributed by atoms with Crippen LogP contribution in [0.3, 0.4) is 0 Å². The van der Waals surface area contributed by atoms with Crippen LogP contribution in [0.5, 0.6) is 0 Å². The van der Waals surface area contributed by atoms with Gasteiger partial charge in [-0.2, -0.15) is 26.3 Å². The first-order valence-electron chi connectivity index (χ1n) is 9.19. The maximum absolute atomic E-state index is 13.6. The van der Waals surface area contributed by atoms with Crippen molar-refractivity contribution in [3.8, 4) is 0 Å². The molecule has 0 spiro atoms. The number of benzene rings is 2. The van der Waals surface area contributed by atoms with Gasteiger partial charge in [-0.1, -0.05) is 35.9 Å². The Kier molecular flexibility index (Phi) is 6.96. The van der Waals surface area contributed by atoms with Gasteiger partial charge in [-0.15, -0.1) is 0 Å². The van der Waals surface area contributed by atoms with Gasteiger partial charge in [-0.05, 0) is 38.0 Å². The fourth-order valence-electron chi connectivity index (χ4n) is 3.60. The number of ether oxygens (including phenoxy) is 1. The van der Waals surface area contributed by atoms with E-state index in [-0.39, 0.29) is 18.8 Å². The van der Waals surface area contributed by atoms with E-state index in [2.05, 4.69) is 15.4 Å². The molecule has 3 nitrogen and oxygen atoms in total. The first-order valence-corrected chi connectivity index (χ1v) is 9.19. The minimum absolute atomic E-state index is 0.0965. The second-order valence-electron chi connectivity index (χ2n) is 7.05. The summed E-state index contributed by atoms with van der Waals surface area (Å²) >= 11 is 0. The average molecular weight is 434 g/mol. The number of halogens is 6. The molecule has 9 heteroatoms. The number of rotatable bonds is 7. The van der Waals surface area contributed by atoms with Crippen LogP contribution in [0.1, 0.15) is 22.3 Å². The Morgan fingerprint density at radius 1 is 0.800 bits per heavy atom. The Bertz CT molecular complexity index is 840. The molecule has 0 aromatic heterocycles. The quantitative estimate of drug-likeness (QED) is 0.408. The van der Waals surface area contributed by atoms with Crippen molar-refractivity contribution in [1.29, 1.82) is 0 Å². The number of hydrogen-bond donors (Lipinski definition) is 2. The smallest absolute Gasteiger partial charge is 0.383 e. The summed E-state index contributed by atoms with van der Waals surface area (Å²) in [6, 6.07) is 8.39. The Hall–Kier alpha value is -2.42. The second kappa shape index (κ2) is 8.75. The van der Waals surface area contributed by atoms with Gasteiger partial charge in [0.25, 0.3) is 5.60 Å². The monoisotopic (exact) mass is 434 g/mol. The summed E-state index contributed by atoms with van der Waals surface area (Å²) in [6.07, 6.45) is -11.4. The number of para-hydroxylation sites is 1. The van der Waals surface area contributed by atoms with E-state index in [1.165, 1.54) is 12.1 Å². The van der Waals surface area contributed by atoms with E-state index in [1.54, 1.807) is 0 Å². The number of methoxy groups -OCH3 is 1. The standard InChI is InChI=1S/C21H24F6N2O/c1-13-11-14(2)18(15(3)12-13)29-10-9-28-17-8-6-5-7-16(17)19(30-4,20(22,23)24)21(25,26)27/h5-8,11-12,28-29H,9-10H2,1-4H3. The second-order valence-corrected chi connectivity index (χ2v) is 7.05. The highest BCUT2D eigenvalue weighted by Gasteiger charge is 2.73. The van der Waals surface area contributed by atoms with E-state index < -0.39 is 23.5 Å². The van der Waals surface area contributed by atoms with Crippen LogP contribution in [0, 0.1) is 20.8 Å². The molecule has 2 rings (SSSR count). The number of nitrogens with one attached hydrogen (secondary N) is 2. The van der Waals surface area contributed by atoms with Gasteiger partial charge >= 0.3 is 12.4 Å². The van der Waals surface area contributed by atoms with Crippen LogP contribution in [0.4, 0.5) is 37.7 Å². The summed E-state index contributed by atoms with van der Waals surface area (Å²) < 4.78 is 85.6. The van der Waals surface area contributed by atoms with Crippen molar-refractivity contribution >= 4 is 11.4 Å². The normalized spacial score (nSPS) is 12.7. The van der Waals surface area contributed by atoms with Crippen LogP contribution in [0.25, 0.3) is 0 Å². The molecule has 2 aromatic carbocycles. The molecule has 30 heavy (non-hydrogen) atoms. The zero-order chi connectivity index (χ0) is 22.7. The molecule has 0 fully saturated rings. The minimum Gasteiger partial charge on any atom is -0.383 e. The molecule has 0 aliphatic heterocycles. The number of alkyl halides is 6. The maximum atomic E-state index is 13.6. The third kappa shape index (κ3) is 4.50. The summed E-state index contributed by atoms with van der Waals surface area (Å²) in [5.74, 6) is 0. The highest BCUT2D eigenvalue weighted by atomic mass is 19.4. The van der Waals surface area contributed by atoms with Gasteiger partial charge in [0, 0.05) is 37.1 Å². The molecular formula is C21H24F6N2O. The van der Waals surface area contributed by atoms with Gasteiger partial charge in [0.1, 0.15) is 0 Å².